The molecular weight excluding hydrogens is 462 g/mol. The molecule has 180 valence electrons. The first-order valence-electron chi connectivity index (χ1n) is 12.9. The van der Waals surface area contributed by atoms with Gasteiger partial charge < -0.3 is 9.32 Å². The Labute approximate surface area is 222 Å². The molecule has 0 bridgehead atoms. The van der Waals surface area contributed by atoms with Crippen LogP contribution in [0.25, 0.3) is 44.2 Å². The standard InChI is InChI=1S/C36H25NO/c1-4-12-26(13-5-1)27-22-24-30(25-23-27)37(29-16-8-3-9-17-29)34-21-11-20-33-32-19-10-18-31(35(32)38-36(33)34)28-14-6-2-7-15-28/h1-25H. The summed E-state index contributed by atoms with van der Waals surface area (Å²) in [6.45, 7) is 0. The minimum absolute atomic E-state index is 0.877. The van der Waals surface area contributed by atoms with Crippen molar-refractivity contribution in [1.29, 1.82) is 0 Å². The van der Waals surface area contributed by atoms with Gasteiger partial charge in [-0.05, 0) is 47.0 Å². The summed E-state index contributed by atoms with van der Waals surface area (Å²) in [5.41, 5.74) is 9.60. The van der Waals surface area contributed by atoms with E-state index in [2.05, 4.69) is 138 Å². The predicted molar refractivity (Wildman–Crippen MR) is 159 cm³/mol. The number of benzene rings is 6. The zero-order chi connectivity index (χ0) is 25.3. The van der Waals surface area contributed by atoms with Crippen LogP contribution in [0.5, 0.6) is 0 Å². The van der Waals surface area contributed by atoms with Crippen molar-refractivity contribution in [2.75, 3.05) is 4.90 Å². The van der Waals surface area contributed by atoms with Crippen LogP contribution in [0, 0.1) is 0 Å². The fourth-order valence-corrected chi connectivity index (χ4v) is 5.26. The number of hydrogen-bond donors (Lipinski definition) is 0. The van der Waals surface area contributed by atoms with Crippen LogP contribution in [0.1, 0.15) is 0 Å². The molecule has 6 aromatic carbocycles. The third-order valence-electron chi connectivity index (χ3n) is 7.08. The molecule has 0 amide bonds. The van der Waals surface area contributed by atoms with Crippen LogP contribution in [0.2, 0.25) is 0 Å². The first-order chi connectivity index (χ1) is 18.9. The summed E-state index contributed by atoms with van der Waals surface area (Å²) in [5.74, 6) is 0. The van der Waals surface area contributed by atoms with E-state index in [-0.39, 0.29) is 0 Å². The molecular formula is C36H25NO. The molecule has 0 atom stereocenters. The summed E-state index contributed by atoms with van der Waals surface area (Å²) in [7, 11) is 0. The maximum absolute atomic E-state index is 6.74. The van der Waals surface area contributed by atoms with Crippen molar-refractivity contribution in [1.82, 2.24) is 0 Å². The highest BCUT2D eigenvalue weighted by Crippen LogP contribution is 2.44. The summed E-state index contributed by atoms with van der Waals surface area (Å²) < 4.78 is 6.74. The molecule has 7 rings (SSSR count). The second-order valence-electron chi connectivity index (χ2n) is 9.39. The van der Waals surface area contributed by atoms with Crippen LogP contribution < -0.4 is 4.90 Å². The summed E-state index contributed by atoms with van der Waals surface area (Å²) in [6.07, 6.45) is 0. The van der Waals surface area contributed by atoms with Crippen molar-refractivity contribution in [3.05, 3.63) is 152 Å². The van der Waals surface area contributed by atoms with Gasteiger partial charge in [-0.25, -0.2) is 0 Å². The molecule has 0 N–H and O–H groups in total. The lowest BCUT2D eigenvalue weighted by Gasteiger charge is -2.25. The Morgan fingerprint density at radius 3 is 1.58 bits per heavy atom. The van der Waals surface area contributed by atoms with Crippen LogP contribution in [0.3, 0.4) is 0 Å². The van der Waals surface area contributed by atoms with Crippen molar-refractivity contribution in [2.24, 2.45) is 0 Å². The fourth-order valence-electron chi connectivity index (χ4n) is 5.26. The Kier molecular flexibility index (Phi) is 5.49. The molecule has 0 aliphatic carbocycles. The molecule has 2 heteroatoms. The molecule has 1 aromatic heterocycles. The number of anilines is 3. The van der Waals surface area contributed by atoms with Crippen LogP contribution in [0.15, 0.2) is 156 Å². The molecule has 7 aromatic rings. The van der Waals surface area contributed by atoms with Crippen LogP contribution in [-0.4, -0.2) is 0 Å². The highest BCUT2D eigenvalue weighted by molar-refractivity contribution is 6.13. The third kappa shape index (κ3) is 3.84. The zero-order valence-corrected chi connectivity index (χ0v) is 20.8. The second kappa shape index (κ2) is 9.42. The molecule has 0 spiro atoms. The number of nitrogens with zero attached hydrogens (tertiary/aromatic N) is 1. The summed E-state index contributed by atoms with van der Waals surface area (Å²) in [4.78, 5) is 2.28. The number of rotatable bonds is 5. The molecule has 0 saturated carbocycles. The Morgan fingerprint density at radius 1 is 0.368 bits per heavy atom. The van der Waals surface area contributed by atoms with Crippen LogP contribution >= 0.6 is 0 Å². The highest BCUT2D eigenvalue weighted by Gasteiger charge is 2.20. The predicted octanol–water partition coefficient (Wildman–Crippen LogP) is 10.4. The van der Waals surface area contributed by atoms with Crippen LogP contribution in [0.4, 0.5) is 17.1 Å². The van der Waals surface area contributed by atoms with E-state index in [0.29, 0.717) is 0 Å². The van der Waals surface area contributed by atoms with Crippen molar-refractivity contribution in [3.8, 4) is 22.3 Å². The maximum Gasteiger partial charge on any atom is 0.159 e. The topological polar surface area (TPSA) is 16.4 Å². The lowest BCUT2D eigenvalue weighted by atomic mass is 10.0. The Bertz CT molecular complexity index is 1840. The average Bonchev–Trinajstić information content (AvgIpc) is 3.39. The van der Waals surface area contributed by atoms with Crippen molar-refractivity contribution < 1.29 is 4.42 Å². The van der Waals surface area contributed by atoms with E-state index in [0.717, 1.165) is 50.1 Å². The SMILES string of the molecule is c1ccc(-c2ccc(N(c3ccccc3)c3cccc4c3oc3c(-c5ccccc5)cccc34)cc2)cc1. The molecule has 0 aliphatic rings. The molecule has 38 heavy (non-hydrogen) atoms. The second-order valence-corrected chi connectivity index (χ2v) is 9.39. The van der Waals surface area contributed by atoms with Crippen molar-refractivity contribution >= 4 is 39.0 Å². The van der Waals surface area contributed by atoms with Gasteiger partial charge >= 0.3 is 0 Å². The van der Waals surface area contributed by atoms with Gasteiger partial charge in [0.1, 0.15) is 5.58 Å². The average molecular weight is 488 g/mol. The van der Waals surface area contributed by atoms with Crippen molar-refractivity contribution in [3.63, 3.8) is 0 Å². The normalized spacial score (nSPS) is 11.2. The largest absolute Gasteiger partial charge is 0.453 e. The molecule has 0 fully saturated rings. The monoisotopic (exact) mass is 487 g/mol. The summed E-state index contributed by atoms with van der Waals surface area (Å²) >= 11 is 0. The van der Waals surface area contributed by atoms with Gasteiger partial charge in [0.25, 0.3) is 0 Å². The first-order valence-corrected chi connectivity index (χ1v) is 12.9. The summed E-state index contributed by atoms with van der Waals surface area (Å²) in [5, 5.41) is 2.23. The number of furan rings is 1. The molecule has 0 aliphatic heterocycles. The Balaban J connectivity index is 1.43. The smallest absolute Gasteiger partial charge is 0.159 e. The van der Waals surface area contributed by atoms with E-state index < -0.39 is 0 Å². The quantitative estimate of drug-likeness (QED) is 0.240. The van der Waals surface area contributed by atoms with Crippen LogP contribution in [-0.2, 0) is 0 Å². The summed E-state index contributed by atoms with van der Waals surface area (Å²) in [6, 6.07) is 53.0. The number of hydrogen-bond acceptors (Lipinski definition) is 2. The van der Waals surface area contributed by atoms with Gasteiger partial charge in [0.15, 0.2) is 5.58 Å². The molecule has 0 radical (unpaired) electrons. The van der Waals surface area contributed by atoms with Crippen molar-refractivity contribution in [2.45, 2.75) is 0 Å². The highest BCUT2D eigenvalue weighted by atomic mass is 16.3. The van der Waals surface area contributed by atoms with Gasteiger partial charge in [0, 0.05) is 27.7 Å². The first kappa shape index (κ1) is 22.1. The third-order valence-corrected chi connectivity index (χ3v) is 7.08. The minimum atomic E-state index is 0.877. The molecule has 0 saturated heterocycles. The zero-order valence-electron chi connectivity index (χ0n) is 20.8. The lowest BCUT2D eigenvalue weighted by molar-refractivity contribution is 0.670. The number of para-hydroxylation sites is 3. The van der Waals surface area contributed by atoms with Gasteiger partial charge in [-0.2, -0.15) is 0 Å². The van der Waals surface area contributed by atoms with E-state index in [9.17, 15) is 0 Å². The fraction of sp³-hybridized carbons (Fsp3) is 0. The van der Waals surface area contributed by atoms with Gasteiger partial charge in [0.2, 0.25) is 0 Å². The molecule has 1 heterocycles. The minimum Gasteiger partial charge on any atom is -0.453 e. The Hall–Kier alpha value is -5.08. The van der Waals surface area contributed by atoms with Gasteiger partial charge in [-0.1, -0.05) is 121 Å². The van der Waals surface area contributed by atoms with Gasteiger partial charge in [-0.15, -0.1) is 0 Å². The number of fused-ring (bicyclic) bond motifs is 3. The van der Waals surface area contributed by atoms with E-state index in [1.54, 1.807) is 0 Å². The van der Waals surface area contributed by atoms with E-state index in [1.807, 2.05) is 18.2 Å². The van der Waals surface area contributed by atoms with Gasteiger partial charge in [0.05, 0.1) is 5.69 Å². The lowest BCUT2D eigenvalue weighted by Crippen LogP contribution is -2.10. The van der Waals surface area contributed by atoms with E-state index >= 15 is 0 Å². The van der Waals surface area contributed by atoms with E-state index in [1.165, 1.54) is 11.1 Å². The van der Waals surface area contributed by atoms with E-state index in [4.69, 9.17) is 4.42 Å². The maximum atomic E-state index is 6.74. The van der Waals surface area contributed by atoms with Gasteiger partial charge in [-0.3, -0.25) is 0 Å². The molecule has 0 unspecified atom stereocenters. The molecule has 2 nitrogen and oxygen atoms in total. The Morgan fingerprint density at radius 2 is 0.895 bits per heavy atom.